The Morgan fingerprint density at radius 1 is 1.07 bits per heavy atom. The molecule has 2 aromatic rings. The minimum atomic E-state index is -3.88. The van der Waals surface area contributed by atoms with Crippen molar-refractivity contribution in [1.29, 1.82) is 0 Å². The highest BCUT2D eigenvalue weighted by atomic mass is 32.2. The standard InChI is InChI=1S/C23H29FN2O3S/c1-16-12-17(2)23(18(3)13-16)30(28,29)26(21-10-5-4-6-11-21)15-22(27)25-20-9-7-8-19(24)14-20/h7-9,12-14,21H,4-6,10-11,15H2,1-3H3,(H,25,27). The Kier molecular flexibility index (Phi) is 6.93. The number of aryl methyl sites for hydroxylation is 3. The molecule has 0 aromatic heterocycles. The lowest BCUT2D eigenvalue weighted by Crippen LogP contribution is -2.46. The highest BCUT2D eigenvalue weighted by Gasteiger charge is 2.35. The van der Waals surface area contributed by atoms with Gasteiger partial charge in [0.1, 0.15) is 5.82 Å². The molecule has 1 aliphatic carbocycles. The fourth-order valence-corrected chi connectivity index (χ4v) is 6.44. The first-order valence-electron chi connectivity index (χ1n) is 10.3. The van der Waals surface area contributed by atoms with Crippen LogP contribution in [0.25, 0.3) is 0 Å². The van der Waals surface area contributed by atoms with Gasteiger partial charge < -0.3 is 5.32 Å². The lowest BCUT2D eigenvalue weighted by Gasteiger charge is -2.33. The average molecular weight is 433 g/mol. The van der Waals surface area contributed by atoms with Crippen LogP contribution in [-0.2, 0) is 14.8 Å². The number of hydrogen-bond acceptors (Lipinski definition) is 3. The Morgan fingerprint density at radius 3 is 2.30 bits per heavy atom. The third kappa shape index (κ3) is 5.08. The van der Waals surface area contributed by atoms with E-state index >= 15 is 0 Å². The predicted octanol–water partition coefficient (Wildman–Crippen LogP) is 4.71. The van der Waals surface area contributed by atoms with Crippen LogP contribution >= 0.6 is 0 Å². The summed E-state index contributed by atoms with van der Waals surface area (Å²) in [5, 5.41) is 2.63. The van der Waals surface area contributed by atoms with Crippen molar-refractivity contribution in [3.05, 3.63) is 58.9 Å². The van der Waals surface area contributed by atoms with Crippen molar-refractivity contribution < 1.29 is 17.6 Å². The highest BCUT2D eigenvalue weighted by molar-refractivity contribution is 7.89. The van der Waals surface area contributed by atoms with Crippen molar-refractivity contribution in [1.82, 2.24) is 4.31 Å². The third-order valence-corrected chi connectivity index (χ3v) is 7.77. The first-order chi connectivity index (χ1) is 14.2. The first kappa shape index (κ1) is 22.4. The molecule has 1 fully saturated rings. The Bertz CT molecular complexity index is 1010. The molecule has 7 heteroatoms. The molecule has 162 valence electrons. The van der Waals surface area contributed by atoms with Crippen molar-refractivity contribution in [3.8, 4) is 0 Å². The molecular weight excluding hydrogens is 403 g/mol. The highest BCUT2D eigenvalue weighted by Crippen LogP contribution is 2.31. The Balaban J connectivity index is 1.93. The number of hydrogen-bond donors (Lipinski definition) is 1. The Labute approximate surface area is 178 Å². The SMILES string of the molecule is Cc1cc(C)c(S(=O)(=O)N(CC(=O)Nc2cccc(F)c2)C2CCCCC2)c(C)c1. The fraction of sp³-hybridized carbons (Fsp3) is 0.435. The van der Waals surface area contributed by atoms with Crippen LogP contribution in [0.15, 0.2) is 41.3 Å². The maximum absolute atomic E-state index is 13.7. The summed E-state index contributed by atoms with van der Waals surface area (Å²) < 4.78 is 42.2. The number of amides is 1. The van der Waals surface area contributed by atoms with Crippen molar-refractivity contribution in [2.75, 3.05) is 11.9 Å². The second-order valence-corrected chi connectivity index (χ2v) is 9.96. The summed E-state index contributed by atoms with van der Waals surface area (Å²) in [6.45, 7) is 5.22. The largest absolute Gasteiger partial charge is 0.325 e. The lowest BCUT2D eigenvalue weighted by atomic mass is 9.95. The molecule has 30 heavy (non-hydrogen) atoms. The number of nitrogens with one attached hydrogen (secondary N) is 1. The maximum Gasteiger partial charge on any atom is 0.244 e. The van der Waals surface area contributed by atoms with Crippen molar-refractivity contribution in [2.24, 2.45) is 0 Å². The van der Waals surface area contributed by atoms with Crippen LogP contribution in [0.3, 0.4) is 0 Å². The van der Waals surface area contributed by atoms with Gasteiger partial charge in [-0.15, -0.1) is 0 Å². The van der Waals surface area contributed by atoms with Crippen LogP contribution in [0.2, 0.25) is 0 Å². The molecule has 1 N–H and O–H groups in total. The monoisotopic (exact) mass is 432 g/mol. The fourth-order valence-electron chi connectivity index (χ4n) is 4.38. The molecule has 3 rings (SSSR count). The quantitative estimate of drug-likeness (QED) is 0.719. The lowest BCUT2D eigenvalue weighted by molar-refractivity contribution is -0.116. The van der Waals surface area contributed by atoms with E-state index in [2.05, 4.69) is 5.32 Å². The average Bonchev–Trinajstić information content (AvgIpc) is 2.65. The van der Waals surface area contributed by atoms with Crippen LogP contribution in [-0.4, -0.2) is 31.2 Å². The third-order valence-electron chi connectivity index (χ3n) is 5.56. The van der Waals surface area contributed by atoms with Gasteiger partial charge in [0.15, 0.2) is 0 Å². The molecule has 2 aromatic carbocycles. The van der Waals surface area contributed by atoms with E-state index in [1.165, 1.54) is 22.5 Å². The number of benzene rings is 2. The van der Waals surface area contributed by atoms with Crippen LogP contribution in [0.4, 0.5) is 10.1 Å². The summed E-state index contributed by atoms with van der Waals surface area (Å²) in [6, 6.07) is 9.07. The first-order valence-corrected chi connectivity index (χ1v) is 11.8. The zero-order valence-corrected chi connectivity index (χ0v) is 18.6. The van der Waals surface area contributed by atoms with Gasteiger partial charge in [-0.25, -0.2) is 12.8 Å². The van der Waals surface area contributed by atoms with E-state index in [0.29, 0.717) is 16.8 Å². The number of carbonyl (C=O) groups is 1. The van der Waals surface area contributed by atoms with Crippen LogP contribution < -0.4 is 5.32 Å². The number of rotatable bonds is 6. The Hall–Kier alpha value is -2.25. The summed E-state index contributed by atoms with van der Waals surface area (Å²) in [5.74, 6) is -0.937. The van der Waals surface area contributed by atoms with E-state index in [9.17, 15) is 17.6 Å². The summed E-state index contributed by atoms with van der Waals surface area (Å²) in [4.78, 5) is 13.0. The number of halogens is 1. The number of nitrogens with zero attached hydrogens (tertiary/aromatic N) is 1. The van der Waals surface area contributed by atoms with Gasteiger partial charge in [0.2, 0.25) is 15.9 Å². The molecule has 0 spiro atoms. The van der Waals surface area contributed by atoms with E-state index in [1.807, 2.05) is 19.1 Å². The minimum absolute atomic E-state index is 0.220. The normalized spacial score (nSPS) is 15.4. The van der Waals surface area contributed by atoms with Gasteiger partial charge in [-0.1, -0.05) is 43.0 Å². The summed E-state index contributed by atoms with van der Waals surface area (Å²) in [7, 11) is -3.88. The van der Waals surface area contributed by atoms with Gasteiger partial charge in [-0.3, -0.25) is 4.79 Å². The topological polar surface area (TPSA) is 66.5 Å². The number of sulfonamides is 1. The second kappa shape index (κ2) is 9.27. The van der Waals surface area contributed by atoms with Crippen molar-refractivity contribution in [3.63, 3.8) is 0 Å². The van der Waals surface area contributed by atoms with Crippen molar-refractivity contribution >= 4 is 21.6 Å². The molecule has 0 heterocycles. The van der Waals surface area contributed by atoms with Gasteiger partial charge in [0, 0.05) is 11.7 Å². The second-order valence-electron chi connectivity index (χ2n) is 8.13. The van der Waals surface area contributed by atoms with E-state index in [4.69, 9.17) is 0 Å². The van der Waals surface area contributed by atoms with Gasteiger partial charge in [-0.05, 0) is 62.9 Å². The van der Waals surface area contributed by atoms with E-state index < -0.39 is 21.7 Å². The molecule has 0 saturated heterocycles. The number of carbonyl (C=O) groups excluding carboxylic acids is 1. The number of anilines is 1. The summed E-state index contributed by atoms with van der Waals surface area (Å²) in [5.41, 5.74) is 2.67. The molecule has 0 unspecified atom stereocenters. The molecule has 0 radical (unpaired) electrons. The van der Waals surface area contributed by atoms with Gasteiger partial charge >= 0.3 is 0 Å². The molecule has 0 atom stereocenters. The van der Waals surface area contributed by atoms with E-state index in [1.54, 1.807) is 19.9 Å². The molecule has 0 aliphatic heterocycles. The molecule has 1 amide bonds. The van der Waals surface area contributed by atoms with Crippen LogP contribution in [0.5, 0.6) is 0 Å². The summed E-state index contributed by atoms with van der Waals surface area (Å²) in [6.07, 6.45) is 4.41. The van der Waals surface area contributed by atoms with Gasteiger partial charge in [0.05, 0.1) is 11.4 Å². The molecule has 5 nitrogen and oxygen atoms in total. The minimum Gasteiger partial charge on any atom is -0.325 e. The van der Waals surface area contributed by atoms with E-state index in [0.717, 1.165) is 37.7 Å². The molecule has 1 saturated carbocycles. The zero-order chi connectivity index (χ0) is 21.9. The van der Waals surface area contributed by atoms with E-state index in [-0.39, 0.29) is 17.5 Å². The van der Waals surface area contributed by atoms with Gasteiger partial charge in [0.25, 0.3) is 0 Å². The predicted molar refractivity (Wildman–Crippen MR) is 116 cm³/mol. The maximum atomic E-state index is 13.7. The molecular formula is C23H29FN2O3S. The smallest absolute Gasteiger partial charge is 0.244 e. The van der Waals surface area contributed by atoms with Crippen LogP contribution in [0, 0.1) is 26.6 Å². The van der Waals surface area contributed by atoms with Crippen LogP contribution in [0.1, 0.15) is 48.8 Å². The molecule has 0 bridgehead atoms. The summed E-state index contributed by atoms with van der Waals surface area (Å²) >= 11 is 0. The molecule has 1 aliphatic rings. The Morgan fingerprint density at radius 2 is 1.70 bits per heavy atom. The van der Waals surface area contributed by atoms with Gasteiger partial charge in [-0.2, -0.15) is 4.31 Å². The van der Waals surface area contributed by atoms with Crippen molar-refractivity contribution in [2.45, 2.75) is 63.8 Å². The zero-order valence-electron chi connectivity index (χ0n) is 17.7.